The lowest BCUT2D eigenvalue weighted by Crippen LogP contribution is -2.32. The summed E-state index contributed by atoms with van der Waals surface area (Å²) in [6.07, 6.45) is 5.02. The van der Waals surface area contributed by atoms with Crippen molar-refractivity contribution < 1.29 is 19.1 Å². The molecule has 2 aliphatic rings. The Hall–Kier alpha value is -3.19. The number of ether oxygens (including phenoxy) is 2. The van der Waals surface area contributed by atoms with Crippen LogP contribution in [0, 0.1) is 5.92 Å². The van der Waals surface area contributed by atoms with E-state index in [0.717, 1.165) is 43.6 Å². The highest BCUT2D eigenvalue weighted by Gasteiger charge is 2.22. The molecule has 33 heavy (non-hydrogen) atoms. The average Bonchev–Trinajstić information content (AvgIpc) is 2.83. The molecule has 0 aromatic heterocycles. The Labute approximate surface area is 194 Å². The van der Waals surface area contributed by atoms with Crippen LogP contribution in [-0.2, 0) is 27.1 Å². The number of amides is 1. The molecule has 0 radical (unpaired) electrons. The van der Waals surface area contributed by atoms with E-state index in [1.807, 2.05) is 54.5 Å². The van der Waals surface area contributed by atoms with Gasteiger partial charge in [-0.25, -0.2) is 0 Å². The summed E-state index contributed by atoms with van der Waals surface area (Å²) in [4.78, 5) is 24.6. The summed E-state index contributed by atoms with van der Waals surface area (Å²) in [6, 6.07) is 13.5. The second-order valence-corrected chi connectivity index (χ2v) is 8.49. The average molecular weight is 450 g/mol. The number of hydrogen-bond donors (Lipinski definition) is 1. The van der Waals surface area contributed by atoms with Crippen LogP contribution < -0.4 is 5.32 Å². The summed E-state index contributed by atoms with van der Waals surface area (Å²) in [5.74, 6) is 0.00789. The van der Waals surface area contributed by atoms with E-state index < -0.39 is 0 Å². The van der Waals surface area contributed by atoms with Crippen molar-refractivity contribution in [3.05, 3.63) is 64.7 Å². The third kappa shape index (κ3) is 6.42. The summed E-state index contributed by atoms with van der Waals surface area (Å²) in [6.45, 7) is 5.23. The van der Waals surface area contributed by atoms with Gasteiger partial charge in [0, 0.05) is 17.7 Å². The molecule has 7 nitrogen and oxygen atoms in total. The number of fused-ring (bicyclic) bond motifs is 1. The highest BCUT2D eigenvalue weighted by atomic mass is 16.5. The van der Waals surface area contributed by atoms with E-state index in [2.05, 4.69) is 16.5 Å². The predicted molar refractivity (Wildman–Crippen MR) is 128 cm³/mol. The van der Waals surface area contributed by atoms with Crippen molar-refractivity contribution in [3.63, 3.8) is 0 Å². The Kier molecular flexibility index (Phi) is 7.73. The quantitative estimate of drug-likeness (QED) is 0.515. The molecule has 0 saturated carbocycles. The van der Waals surface area contributed by atoms with Gasteiger partial charge in [-0.15, -0.1) is 0 Å². The molecule has 4 rings (SSSR count). The van der Waals surface area contributed by atoms with E-state index in [1.54, 1.807) is 0 Å². The maximum atomic E-state index is 12.8. The summed E-state index contributed by atoms with van der Waals surface area (Å²) < 4.78 is 10.4. The van der Waals surface area contributed by atoms with Crippen LogP contribution in [0.5, 0.6) is 0 Å². The number of anilines is 1. The Bertz CT molecular complexity index is 997. The van der Waals surface area contributed by atoms with Crippen molar-refractivity contribution in [2.75, 3.05) is 38.2 Å². The molecule has 0 bridgehead atoms. The Morgan fingerprint density at radius 2 is 1.94 bits per heavy atom. The van der Waals surface area contributed by atoms with Gasteiger partial charge in [-0.2, -0.15) is 5.10 Å². The molecule has 1 unspecified atom stereocenters. The first-order valence-corrected chi connectivity index (χ1v) is 11.7. The van der Waals surface area contributed by atoms with E-state index in [-0.39, 0.29) is 17.8 Å². The number of rotatable bonds is 7. The van der Waals surface area contributed by atoms with Crippen LogP contribution in [-0.4, -0.2) is 56.0 Å². The molecule has 174 valence electrons. The van der Waals surface area contributed by atoms with Crippen LogP contribution in [0.1, 0.15) is 46.8 Å². The number of nitrogens with zero attached hydrogens (tertiary/aromatic N) is 2. The van der Waals surface area contributed by atoms with Crippen LogP contribution in [0.25, 0.3) is 0 Å². The van der Waals surface area contributed by atoms with Gasteiger partial charge in [0.15, 0.2) is 0 Å². The number of esters is 1. The van der Waals surface area contributed by atoms with Crippen LogP contribution in [0.2, 0.25) is 0 Å². The minimum Gasteiger partial charge on any atom is -0.466 e. The Morgan fingerprint density at radius 3 is 2.70 bits per heavy atom. The number of morpholine rings is 1. The fourth-order valence-corrected chi connectivity index (χ4v) is 4.28. The maximum Gasteiger partial charge on any atom is 0.306 e. The molecule has 1 amide bonds. The summed E-state index contributed by atoms with van der Waals surface area (Å²) in [5, 5.41) is 9.45. The highest BCUT2D eigenvalue weighted by Crippen LogP contribution is 2.30. The number of hydrogen-bond acceptors (Lipinski definition) is 6. The van der Waals surface area contributed by atoms with E-state index in [0.29, 0.717) is 31.8 Å². The van der Waals surface area contributed by atoms with Crippen molar-refractivity contribution in [2.45, 2.75) is 32.6 Å². The van der Waals surface area contributed by atoms with E-state index in [9.17, 15) is 9.59 Å². The van der Waals surface area contributed by atoms with Crippen molar-refractivity contribution in [1.29, 1.82) is 0 Å². The number of nitrogens with one attached hydrogen (secondary N) is 1. The monoisotopic (exact) mass is 449 g/mol. The molecule has 1 N–H and O–H groups in total. The third-order valence-corrected chi connectivity index (χ3v) is 6.09. The van der Waals surface area contributed by atoms with Crippen molar-refractivity contribution in [2.24, 2.45) is 11.0 Å². The SMILES string of the molecule is CCOC(=O)CC1CCc2ccc(NC(=O)c3ccc(C=NN4CCOCC4)cc3)cc2C1. The zero-order chi connectivity index (χ0) is 23.0. The van der Waals surface area contributed by atoms with Crippen molar-refractivity contribution in [3.8, 4) is 0 Å². The molecule has 1 heterocycles. The second-order valence-electron chi connectivity index (χ2n) is 8.49. The molecule has 1 aliphatic heterocycles. The lowest BCUT2D eigenvalue weighted by Gasteiger charge is -2.24. The molecule has 1 saturated heterocycles. The van der Waals surface area contributed by atoms with Crippen LogP contribution in [0.15, 0.2) is 47.6 Å². The van der Waals surface area contributed by atoms with Crippen molar-refractivity contribution in [1.82, 2.24) is 5.01 Å². The molecule has 2 aromatic carbocycles. The lowest BCUT2D eigenvalue weighted by atomic mass is 9.82. The van der Waals surface area contributed by atoms with Gasteiger partial charge >= 0.3 is 5.97 Å². The zero-order valence-corrected chi connectivity index (χ0v) is 19.1. The smallest absolute Gasteiger partial charge is 0.306 e. The molecule has 7 heteroatoms. The molecule has 1 aliphatic carbocycles. The Morgan fingerprint density at radius 1 is 1.15 bits per heavy atom. The normalized spacial score (nSPS) is 18.1. The number of carbonyl (C=O) groups excluding carboxylic acids is 2. The largest absolute Gasteiger partial charge is 0.466 e. The van der Waals surface area contributed by atoms with Gasteiger partial charge in [-0.1, -0.05) is 18.2 Å². The first kappa shape index (κ1) is 23.0. The van der Waals surface area contributed by atoms with Crippen molar-refractivity contribution >= 4 is 23.8 Å². The van der Waals surface area contributed by atoms with Gasteiger partial charge < -0.3 is 14.8 Å². The number of benzene rings is 2. The second kappa shape index (κ2) is 11.1. The summed E-state index contributed by atoms with van der Waals surface area (Å²) >= 11 is 0. The van der Waals surface area contributed by atoms with Crippen LogP contribution >= 0.6 is 0 Å². The first-order valence-electron chi connectivity index (χ1n) is 11.7. The van der Waals surface area contributed by atoms with Crippen LogP contribution in [0.4, 0.5) is 5.69 Å². The van der Waals surface area contributed by atoms with E-state index >= 15 is 0 Å². The molecule has 0 spiro atoms. The summed E-state index contributed by atoms with van der Waals surface area (Å²) in [7, 11) is 0. The minimum atomic E-state index is -0.148. The first-order chi connectivity index (χ1) is 16.1. The molecular formula is C26H31N3O4. The number of hydrazone groups is 1. The summed E-state index contributed by atoms with van der Waals surface area (Å²) in [5.41, 5.74) is 4.80. The molecule has 1 fully saturated rings. The molecule has 1 atom stereocenters. The van der Waals surface area contributed by atoms with E-state index in [4.69, 9.17) is 9.47 Å². The lowest BCUT2D eigenvalue weighted by molar-refractivity contribution is -0.144. The fraction of sp³-hybridized carbons (Fsp3) is 0.423. The van der Waals surface area contributed by atoms with Gasteiger partial charge in [-0.05, 0) is 73.1 Å². The Balaban J connectivity index is 1.35. The van der Waals surface area contributed by atoms with Crippen LogP contribution in [0.3, 0.4) is 0 Å². The topological polar surface area (TPSA) is 80.2 Å². The third-order valence-electron chi connectivity index (χ3n) is 6.09. The fourth-order valence-electron chi connectivity index (χ4n) is 4.28. The highest BCUT2D eigenvalue weighted by molar-refractivity contribution is 6.04. The minimum absolute atomic E-state index is 0.131. The van der Waals surface area contributed by atoms with Gasteiger partial charge in [0.2, 0.25) is 0 Å². The molecule has 2 aromatic rings. The van der Waals surface area contributed by atoms with Gasteiger partial charge in [0.05, 0.1) is 39.1 Å². The van der Waals surface area contributed by atoms with E-state index in [1.165, 1.54) is 11.1 Å². The predicted octanol–water partition coefficient (Wildman–Crippen LogP) is 3.66. The maximum absolute atomic E-state index is 12.8. The zero-order valence-electron chi connectivity index (χ0n) is 19.1. The van der Waals surface area contributed by atoms with Gasteiger partial charge in [-0.3, -0.25) is 14.6 Å². The standard InChI is InChI=1S/C26H31N3O4/c1-2-33-25(30)16-20-5-6-21-9-10-24(17-23(21)15-20)28-26(31)22-7-3-19(4-8-22)18-27-29-11-13-32-14-12-29/h3-4,7-10,17-18,20H,2,5-6,11-16H2,1H3,(H,28,31). The number of aryl methyl sites for hydroxylation is 1. The van der Waals surface area contributed by atoms with Gasteiger partial charge in [0.25, 0.3) is 5.91 Å². The number of carbonyl (C=O) groups is 2. The van der Waals surface area contributed by atoms with Gasteiger partial charge in [0.1, 0.15) is 0 Å². The molecular weight excluding hydrogens is 418 g/mol.